The van der Waals surface area contributed by atoms with Gasteiger partial charge in [-0.3, -0.25) is 4.79 Å². The average Bonchev–Trinajstić information content (AvgIpc) is 3.35. The third-order valence-electron chi connectivity index (χ3n) is 8.10. The molecular formula is C28H34F3N7O3. The number of aliphatic hydroxyl groups excluding tert-OH is 1. The molecule has 1 amide bonds. The first kappa shape index (κ1) is 27.6. The standard InChI is InChI=1S/C28H34F3N7O3/c1-17-6-7-22-19(11-17)27(40)37-9-4-3-5-21(37)20-12-25-33-24(36-14-18(39)15-36)13-26(38(25)34-20)35(2)10-8-32-23(16-41-22)28(29,30)31/h6-7,11-13,18,21,23,32,39H,3-5,8-10,14-16H2,1-2H3. The van der Waals surface area contributed by atoms with Gasteiger partial charge in [0.25, 0.3) is 5.91 Å². The lowest BCUT2D eigenvalue weighted by molar-refractivity contribution is -0.161. The molecule has 6 rings (SSSR count). The van der Waals surface area contributed by atoms with Gasteiger partial charge in [-0.05, 0) is 38.3 Å². The minimum Gasteiger partial charge on any atom is -0.491 e. The second kappa shape index (κ2) is 10.7. The number of fused-ring (bicyclic) bond motifs is 4. The highest BCUT2D eigenvalue weighted by Gasteiger charge is 2.40. The minimum atomic E-state index is -4.55. The van der Waals surface area contributed by atoms with Crippen molar-refractivity contribution in [3.63, 3.8) is 0 Å². The number of anilines is 2. The van der Waals surface area contributed by atoms with E-state index in [0.717, 1.165) is 18.4 Å². The smallest absolute Gasteiger partial charge is 0.407 e. The predicted octanol–water partition coefficient (Wildman–Crippen LogP) is 2.94. The maximum atomic E-state index is 14.0. The molecule has 2 unspecified atom stereocenters. The maximum absolute atomic E-state index is 14.0. The quantitative estimate of drug-likeness (QED) is 0.459. The number of carbonyl (C=O) groups is 1. The fourth-order valence-corrected chi connectivity index (χ4v) is 5.74. The molecule has 3 aromatic rings. The number of nitrogens with zero attached hydrogens (tertiary/aromatic N) is 6. The van der Waals surface area contributed by atoms with Gasteiger partial charge in [0.05, 0.1) is 23.4 Å². The van der Waals surface area contributed by atoms with Crippen LogP contribution >= 0.6 is 0 Å². The van der Waals surface area contributed by atoms with Crippen molar-refractivity contribution in [3.8, 4) is 5.75 Å². The molecule has 3 aliphatic heterocycles. The van der Waals surface area contributed by atoms with E-state index in [1.54, 1.807) is 34.7 Å². The molecule has 220 valence electrons. The average molecular weight is 574 g/mol. The molecule has 3 aliphatic rings. The molecule has 1 aromatic carbocycles. The number of amides is 1. The molecule has 2 bridgehead atoms. The van der Waals surface area contributed by atoms with Crippen LogP contribution in [0.2, 0.25) is 0 Å². The Bertz CT molecular complexity index is 1440. The Hall–Kier alpha value is -3.58. The van der Waals surface area contributed by atoms with Crippen LogP contribution in [0, 0.1) is 6.92 Å². The first-order chi connectivity index (χ1) is 19.6. The summed E-state index contributed by atoms with van der Waals surface area (Å²) in [4.78, 5) is 24.3. The molecule has 0 radical (unpaired) electrons. The number of rotatable bonds is 1. The van der Waals surface area contributed by atoms with Gasteiger partial charge in [0, 0.05) is 51.9 Å². The van der Waals surface area contributed by atoms with Crippen LogP contribution in [0.25, 0.3) is 5.65 Å². The fourth-order valence-electron chi connectivity index (χ4n) is 5.74. The first-order valence-corrected chi connectivity index (χ1v) is 14.0. The summed E-state index contributed by atoms with van der Waals surface area (Å²) in [7, 11) is 1.80. The van der Waals surface area contributed by atoms with Gasteiger partial charge in [0.2, 0.25) is 0 Å². The number of hydrogen-bond acceptors (Lipinski definition) is 8. The van der Waals surface area contributed by atoms with Crippen LogP contribution in [0.4, 0.5) is 24.8 Å². The van der Waals surface area contributed by atoms with E-state index in [-0.39, 0.29) is 36.4 Å². The predicted molar refractivity (Wildman–Crippen MR) is 147 cm³/mol. The van der Waals surface area contributed by atoms with Gasteiger partial charge >= 0.3 is 6.18 Å². The monoisotopic (exact) mass is 573 g/mol. The molecule has 2 aromatic heterocycles. The first-order valence-electron chi connectivity index (χ1n) is 14.0. The third kappa shape index (κ3) is 5.40. The van der Waals surface area contributed by atoms with Crippen molar-refractivity contribution in [2.24, 2.45) is 0 Å². The van der Waals surface area contributed by atoms with E-state index in [1.165, 1.54) is 0 Å². The summed E-state index contributed by atoms with van der Waals surface area (Å²) in [6, 6.07) is 6.45. The number of benzene rings is 1. The van der Waals surface area contributed by atoms with Crippen molar-refractivity contribution in [1.29, 1.82) is 0 Å². The number of aryl methyl sites for hydroxylation is 1. The zero-order valence-electron chi connectivity index (χ0n) is 23.1. The number of ether oxygens (including phenoxy) is 1. The summed E-state index contributed by atoms with van der Waals surface area (Å²) in [5.41, 5.74) is 2.33. The Balaban J connectivity index is 1.46. The van der Waals surface area contributed by atoms with E-state index in [0.29, 0.717) is 49.0 Å². The third-order valence-corrected chi connectivity index (χ3v) is 8.10. The largest absolute Gasteiger partial charge is 0.491 e. The van der Waals surface area contributed by atoms with Crippen molar-refractivity contribution in [2.45, 2.75) is 50.6 Å². The van der Waals surface area contributed by atoms with Crippen LogP contribution in [0.15, 0.2) is 30.3 Å². The zero-order valence-corrected chi connectivity index (χ0v) is 23.1. The van der Waals surface area contributed by atoms with Gasteiger partial charge in [-0.15, -0.1) is 0 Å². The number of aliphatic hydroxyl groups is 1. The van der Waals surface area contributed by atoms with Crippen molar-refractivity contribution >= 4 is 23.2 Å². The van der Waals surface area contributed by atoms with Crippen LogP contribution in [-0.2, 0) is 0 Å². The second-order valence-electron chi connectivity index (χ2n) is 11.2. The summed E-state index contributed by atoms with van der Waals surface area (Å²) in [5, 5.41) is 17.3. The zero-order chi connectivity index (χ0) is 28.9. The Morgan fingerprint density at radius 1 is 1.12 bits per heavy atom. The topological polar surface area (TPSA) is 98.5 Å². The highest BCUT2D eigenvalue weighted by atomic mass is 19.4. The Morgan fingerprint density at radius 2 is 1.93 bits per heavy atom. The summed E-state index contributed by atoms with van der Waals surface area (Å²) in [6.07, 6.45) is -2.55. The Labute approximate surface area is 235 Å². The molecule has 0 aliphatic carbocycles. The van der Waals surface area contributed by atoms with Crippen molar-refractivity contribution < 1.29 is 27.8 Å². The molecule has 10 nitrogen and oxygen atoms in total. The summed E-state index contributed by atoms with van der Waals surface area (Å²) in [5.74, 6) is 1.14. The van der Waals surface area contributed by atoms with Crippen LogP contribution in [0.3, 0.4) is 0 Å². The Kier molecular flexibility index (Phi) is 7.18. The number of nitrogens with one attached hydrogen (secondary N) is 1. The van der Waals surface area contributed by atoms with Crippen LogP contribution in [-0.4, -0.2) is 95.2 Å². The number of likely N-dealkylation sites (N-methyl/N-ethyl adjacent to an activating group) is 1. The molecule has 2 fully saturated rings. The number of alkyl halides is 3. The number of aromatic nitrogens is 3. The van der Waals surface area contributed by atoms with Crippen LogP contribution < -0.4 is 19.9 Å². The lowest BCUT2D eigenvalue weighted by Crippen LogP contribution is -2.51. The van der Waals surface area contributed by atoms with Gasteiger partial charge in [-0.2, -0.15) is 22.8 Å². The van der Waals surface area contributed by atoms with Crippen LogP contribution in [0.1, 0.15) is 46.9 Å². The van der Waals surface area contributed by atoms with E-state index >= 15 is 0 Å². The van der Waals surface area contributed by atoms with Crippen molar-refractivity contribution in [2.75, 3.05) is 56.2 Å². The highest BCUT2D eigenvalue weighted by Crippen LogP contribution is 2.35. The molecule has 2 saturated heterocycles. The van der Waals surface area contributed by atoms with E-state index in [2.05, 4.69) is 5.32 Å². The lowest BCUT2D eigenvalue weighted by atomic mass is 9.97. The molecule has 2 N–H and O–H groups in total. The summed E-state index contributed by atoms with van der Waals surface area (Å²) < 4.78 is 49.4. The van der Waals surface area contributed by atoms with E-state index in [1.807, 2.05) is 28.9 Å². The fraction of sp³-hybridized carbons (Fsp3) is 0.536. The number of halogens is 3. The van der Waals surface area contributed by atoms with Gasteiger partial charge in [-0.25, -0.2) is 4.98 Å². The van der Waals surface area contributed by atoms with Gasteiger partial charge in [0.1, 0.15) is 30.0 Å². The van der Waals surface area contributed by atoms with Gasteiger partial charge < -0.3 is 29.9 Å². The normalized spacial score (nSPS) is 22.9. The van der Waals surface area contributed by atoms with Crippen LogP contribution in [0.5, 0.6) is 5.75 Å². The molecule has 41 heavy (non-hydrogen) atoms. The van der Waals surface area contributed by atoms with Crippen molar-refractivity contribution in [1.82, 2.24) is 24.8 Å². The molecule has 2 atom stereocenters. The van der Waals surface area contributed by atoms with Crippen molar-refractivity contribution in [3.05, 3.63) is 47.2 Å². The highest BCUT2D eigenvalue weighted by molar-refractivity contribution is 5.97. The van der Waals surface area contributed by atoms with E-state index < -0.39 is 24.9 Å². The van der Waals surface area contributed by atoms with Gasteiger partial charge in [-0.1, -0.05) is 11.6 Å². The SMILES string of the molecule is Cc1ccc2c(c1)C(=O)N1CCCCC1c1cc3nc(N4CC(O)C4)cc(n3n1)N(C)CCNC(C(F)(F)F)CO2. The van der Waals surface area contributed by atoms with Gasteiger partial charge in [0.15, 0.2) is 5.65 Å². The lowest BCUT2D eigenvalue weighted by Gasteiger charge is -2.37. The molecule has 5 heterocycles. The molecule has 0 saturated carbocycles. The Morgan fingerprint density at radius 3 is 2.68 bits per heavy atom. The molecular weight excluding hydrogens is 539 g/mol. The number of hydrogen-bond donors (Lipinski definition) is 2. The second-order valence-corrected chi connectivity index (χ2v) is 11.2. The maximum Gasteiger partial charge on any atom is 0.407 e. The molecule has 13 heteroatoms. The number of piperidine rings is 1. The summed E-state index contributed by atoms with van der Waals surface area (Å²) >= 11 is 0. The van der Waals surface area contributed by atoms with E-state index in [4.69, 9.17) is 14.8 Å². The number of carbonyl (C=O) groups excluding carboxylic acids is 1. The minimum absolute atomic E-state index is 0.0236. The van der Waals surface area contributed by atoms with E-state index in [9.17, 15) is 23.1 Å². The molecule has 0 spiro atoms. The number of β-amino-alcohol motifs (C(OH)–C–C–N with tert-alkyl or cyclic N) is 1. The summed E-state index contributed by atoms with van der Waals surface area (Å²) in [6.45, 7) is 2.84.